The first-order chi connectivity index (χ1) is 19.8. The Balaban J connectivity index is 1.49. The van der Waals surface area contributed by atoms with Crippen molar-refractivity contribution in [1.29, 1.82) is 0 Å². The average molecular weight is 512 g/mol. The van der Waals surface area contributed by atoms with Crippen LogP contribution in [0.15, 0.2) is 140 Å². The van der Waals surface area contributed by atoms with E-state index in [2.05, 4.69) is 151 Å². The molecule has 0 fully saturated rings. The predicted octanol–water partition coefficient (Wildman–Crippen LogP) is 10.6. The van der Waals surface area contributed by atoms with Gasteiger partial charge in [0.1, 0.15) is 0 Å². The van der Waals surface area contributed by atoms with Gasteiger partial charge in [-0.15, -0.1) is 0 Å². The summed E-state index contributed by atoms with van der Waals surface area (Å²) in [6.07, 6.45) is 1.02. The highest BCUT2D eigenvalue weighted by Crippen LogP contribution is 2.43. The fourth-order valence-electron chi connectivity index (χ4n) is 6.67. The highest BCUT2D eigenvalue weighted by Gasteiger charge is 2.20. The summed E-state index contributed by atoms with van der Waals surface area (Å²) in [5, 5.41) is 10.4. The lowest BCUT2D eigenvalue weighted by Gasteiger charge is -2.15. The van der Waals surface area contributed by atoms with Gasteiger partial charge in [0, 0.05) is 21.8 Å². The fraction of sp³-hybridized carbons (Fsp3) is 0.0769. The zero-order valence-corrected chi connectivity index (χ0v) is 22.5. The summed E-state index contributed by atoms with van der Waals surface area (Å²) in [7, 11) is 0. The summed E-state index contributed by atoms with van der Waals surface area (Å²) in [5.74, 6) is 0.406. The Bertz CT molecular complexity index is 2200. The van der Waals surface area contributed by atoms with E-state index in [-0.39, 0.29) is 0 Å². The standard InChI is InChI=1S/C39H29N/c1-26(23-27-11-3-2-4-12-27)29-20-22-36-37(25-29)40(31-21-19-28-13-5-6-14-30(28)24-31)39-35-18-10-8-16-33(35)32-15-7-9-17-34(32)38(36)39/h2-22,24-26H,23H2,1H3. The second-order valence-electron chi connectivity index (χ2n) is 11.0. The van der Waals surface area contributed by atoms with Crippen molar-refractivity contribution >= 4 is 54.1 Å². The van der Waals surface area contributed by atoms with Crippen molar-refractivity contribution in [1.82, 2.24) is 4.57 Å². The molecule has 1 unspecified atom stereocenters. The van der Waals surface area contributed by atoms with Crippen LogP contribution in [-0.2, 0) is 6.42 Å². The van der Waals surface area contributed by atoms with Crippen LogP contribution in [0.3, 0.4) is 0 Å². The fourth-order valence-corrected chi connectivity index (χ4v) is 6.67. The number of rotatable bonds is 4. The third-order valence-electron chi connectivity index (χ3n) is 8.61. The van der Waals surface area contributed by atoms with E-state index >= 15 is 0 Å². The third kappa shape index (κ3) is 3.55. The van der Waals surface area contributed by atoms with Gasteiger partial charge in [-0.05, 0) is 68.6 Å². The highest BCUT2D eigenvalue weighted by atomic mass is 15.0. The van der Waals surface area contributed by atoms with Gasteiger partial charge in [0.15, 0.2) is 0 Å². The Kier molecular flexibility index (Phi) is 5.24. The van der Waals surface area contributed by atoms with Gasteiger partial charge < -0.3 is 4.57 Å². The van der Waals surface area contributed by atoms with Crippen molar-refractivity contribution in [2.24, 2.45) is 0 Å². The Morgan fingerprint density at radius 2 is 1.18 bits per heavy atom. The van der Waals surface area contributed by atoms with E-state index in [0.717, 1.165) is 6.42 Å². The first-order valence-corrected chi connectivity index (χ1v) is 14.2. The number of aromatic nitrogens is 1. The topological polar surface area (TPSA) is 4.93 Å². The van der Waals surface area contributed by atoms with E-state index in [0.29, 0.717) is 5.92 Å². The maximum absolute atomic E-state index is 2.52. The molecule has 0 bridgehead atoms. The second-order valence-corrected chi connectivity index (χ2v) is 11.0. The van der Waals surface area contributed by atoms with Crippen LogP contribution in [0, 0.1) is 0 Å². The molecule has 0 saturated carbocycles. The summed E-state index contributed by atoms with van der Waals surface area (Å²) in [6, 6.07) is 51.3. The summed E-state index contributed by atoms with van der Waals surface area (Å²) >= 11 is 0. The van der Waals surface area contributed by atoms with Gasteiger partial charge in [0.05, 0.1) is 11.0 Å². The molecule has 0 radical (unpaired) electrons. The maximum Gasteiger partial charge on any atom is 0.0625 e. The Labute approximate surface area is 233 Å². The molecule has 1 heterocycles. The van der Waals surface area contributed by atoms with Crippen LogP contribution < -0.4 is 0 Å². The minimum Gasteiger partial charge on any atom is -0.309 e. The smallest absolute Gasteiger partial charge is 0.0625 e. The van der Waals surface area contributed by atoms with Crippen molar-refractivity contribution in [3.63, 3.8) is 0 Å². The van der Waals surface area contributed by atoms with Crippen LogP contribution in [-0.4, -0.2) is 4.57 Å². The number of hydrogen-bond acceptors (Lipinski definition) is 0. The lowest BCUT2D eigenvalue weighted by Crippen LogP contribution is -2.00. The molecule has 0 N–H and O–H groups in total. The molecule has 190 valence electrons. The first-order valence-electron chi connectivity index (χ1n) is 14.2. The normalized spacial score (nSPS) is 12.6. The van der Waals surface area contributed by atoms with Crippen molar-refractivity contribution < 1.29 is 0 Å². The molecule has 7 aromatic carbocycles. The van der Waals surface area contributed by atoms with Crippen molar-refractivity contribution in [2.75, 3.05) is 0 Å². The molecule has 40 heavy (non-hydrogen) atoms. The number of fused-ring (bicyclic) bond motifs is 9. The largest absolute Gasteiger partial charge is 0.309 e. The molecular weight excluding hydrogens is 482 g/mol. The second kappa shape index (κ2) is 9.10. The molecule has 1 nitrogen and oxygen atoms in total. The van der Waals surface area contributed by atoms with E-state index in [1.54, 1.807) is 0 Å². The van der Waals surface area contributed by atoms with E-state index in [9.17, 15) is 0 Å². The Hall–Kier alpha value is -4.88. The zero-order valence-electron chi connectivity index (χ0n) is 22.5. The van der Waals surface area contributed by atoms with Crippen molar-refractivity contribution in [3.05, 3.63) is 151 Å². The minimum absolute atomic E-state index is 0.406. The van der Waals surface area contributed by atoms with Crippen LogP contribution in [0.5, 0.6) is 0 Å². The Morgan fingerprint density at radius 3 is 1.98 bits per heavy atom. The van der Waals surface area contributed by atoms with Gasteiger partial charge in [0.25, 0.3) is 0 Å². The molecular formula is C39H29N. The summed E-state index contributed by atoms with van der Waals surface area (Å²) < 4.78 is 2.52. The zero-order chi connectivity index (χ0) is 26.6. The van der Waals surface area contributed by atoms with Gasteiger partial charge in [-0.3, -0.25) is 0 Å². The van der Waals surface area contributed by atoms with E-state index in [1.165, 1.54) is 70.9 Å². The van der Waals surface area contributed by atoms with Crippen LogP contribution in [0.1, 0.15) is 24.0 Å². The van der Waals surface area contributed by atoms with Crippen LogP contribution in [0.2, 0.25) is 0 Å². The van der Waals surface area contributed by atoms with Crippen molar-refractivity contribution in [2.45, 2.75) is 19.3 Å². The molecule has 0 aliphatic heterocycles. The number of benzene rings is 7. The summed E-state index contributed by atoms with van der Waals surface area (Å²) in [4.78, 5) is 0. The minimum atomic E-state index is 0.406. The third-order valence-corrected chi connectivity index (χ3v) is 8.61. The van der Waals surface area contributed by atoms with Gasteiger partial charge in [-0.1, -0.05) is 128 Å². The average Bonchev–Trinajstić information content (AvgIpc) is 3.36. The molecule has 8 aromatic rings. The molecule has 0 spiro atoms. The predicted molar refractivity (Wildman–Crippen MR) is 172 cm³/mol. The molecule has 8 rings (SSSR count). The molecule has 0 aliphatic carbocycles. The van der Waals surface area contributed by atoms with Crippen molar-refractivity contribution in [3.8, 4) is 5.69 Å². The summed E-state index contributed by atoms with van der Waals surface area (Å²) in [5.41, 5.74) is 6.50. The van der Waals surface area contributed by atoms with Gasteiger partial charge in [0.2, 0.25) is 0 Å². The highest BCUT2D eigenvalue weighted by molar-refractivity contribution is 6.32. The first kappa shape index (κ1) is 23.0. The van der Waals surface area contributed by atoms with E-state index in [4.69, 9.17) is 0 Å². The summed E-state index contributed by atoms with van der Waals surface area (Å²) in [6.45, 7) is 2.35. The molecule has 1 heteroatoms. The van der Waals surface area contributed by atoms with Crippen LogP contribution in [0.25, 0.3) is 59.8 Å². The number of nitrogens with zero attached hydrogens (tertiary/aromatic N) is 1. The van der Waals surface area contributed by atoms with Gasteiger partial charge in [-0.25, -0.2) is 0 Å². The Morgan fingerprint density at radius 1 is 0.525 bits per heavy atom. The SMILES string of the molecule is CC(Cc1ccccc1)c1ccc2c3c4ccccc4c4ccccc4c3n(-c3ccc4ccccc4c3)c2c1. The van der Waals surface area contributed by atoms with E-state index < -0.39 is 0 Å². The van der Waals surface area contributed by atoms with E-state index in [1.807, 2.05) is 0 Å². The molecule has 1 aromatic heterocycles. The van der Waals surface area contributed by atoms with Gasteiger partial charge in [-0.2, -0.15) is 0 Å². The number of hydrogen-bond donors (Lipinski definition) is 0. The molecule has 0 amide bonds. The van der Waals surface area contributed by atoms with Crippen LogP contribution >= 0.6 is 0 Å². The quantitative estimate of drug-likeness (QED) is 0.207. The maximum atomic E-state index is 2.52. The molecule has 0 aliphatic rings. The molecule has 0 saturated heterocycles. The molecule has 1 atom stereocenters. The van der Waals surface area contributed by atoms with Crippen LogP contribution in [0.4, 0.5) is 0 Å². The lowest BCUT2D eigenvalue weighted by molar-refractivity contribution is 0.760. The monoisotopic (exact) mass is 511 g/mol. The van der Waals surface area contributed by atoms with Gasteiger partial charge >= 0.3 is 0 Å². The lowest BCUT2D eigenvalue weighted by atomic mass is 9.92.